The van der Waals surface area contributed by atoms with E-state index >= 15 is 0 Å². The quantitative estimate of drug-likeness (QED) is 0.384. The van der Waals surface area contributed by atoms with Crippen LogP contribution >= 0.6 is 11.8 Å². The van der Waals surface area contributed by atoms with Gasteiger partial charge in [0.05, 0.1) is 12.3 Å². The molecular weight excluding hydrogens is 444 g/mol. The number of thioether (sulfide) groups is 1. The Bertz CT molecular complexity index is 1060. The Morgan fingerprint density at radius 3 is 2.33 bits per heavy atom. The van der Waals surface area contributed by atoms with E-state index in [0.29, 0.717) is 6.42 Å². The second-order valence-corrected chi connectivity index (χ2v) is 8.84. The fourth-order valence-corrected chi connectivity index (χ4v) is 4.26. The second kappa shape index (κ2) is 10.3. The van der Waals surface area contributed by atoms with E-state index < -0.39 is 37.3 Å². The highest BCUT2D eigenvalue weighted by Gasteiger charge is 2.45. The van der Waals surface area contributed by atoms with Crippen LogP contribution in [0.1, 0.15) is 16.8 Å². The lowest BCUT2D eigenvalue weighted by Crippen LogP contribution is -2.60. The number of para-hydroxylation sites is 1. The first-order chi connectivity index (χ1) is 15.9. The van der Waals surface area contributed by atoms with Gasteiger partial charge in [-0.1, -0.05) is 30.3 Å². The zero-order valence-electron chi connectivity index (χ0n) is 18.4. The zero-order valence-corrected chi connectivity index (χ0v) is 19.2. The van der Waals surface area contributed by atoms with Crippen molar-refractivity contribution in [1.29, 1.82) is 0 Å². The monoisotopic (exact) mass is 472 g/mol. The summed E-state index contributed by atoms with van der Waals surface area (Å²) in [7, 11) is 0. The molecule has 4 rings (SSSR count). The van der Waals surface area contributed by atoms with Crippen molar-refractivity contribution in [2.75, 3.05) is 12.9 Å². The Balaban J connectivity index is 1.69. The van der Waals surface area contributed by atoms with E-state index in [2.05, 4.69) is 17.2 Å². The first-order valence-electron chi connectivity index (χ1n) is 10.7. The number of nitrogens with zero attached hydrogens (tertiary/aromatic N) is 2. The number of rotatable bonds is 7. The molecule has 1 aliphatic heterocycles. The van der Waals surface area contributed by atoms with Gasteiger partial charge < -0.3 is 29.9 Å². The van der Waals surface area contributed by atoms with E-state index in [9.17, 15) is 20.4 Å². The predicted molar refractivity (Wildman–Crippen MR) is 124 cm³/mol. The zero-order chi connectivity index (χ0) is 23.5. The molecule has 0 saturated carbocycles. The first kappa shape index (κ1) is 23.7. The van der Waals surface area contributed by atoms with Crippen molar-refractivity contribution in [2.45, 2.75) is 48.9 Å². The fourth-order valence-electron chi connectivity index (χ4n) is 3.85. The van der Waals surface area contributed by atoms with Crippen LogP contribution in [0.5, 0.6) is 5.88 Å². The van der Waals surface area contributed by atoms with Gasteiger partial charge in [-0.15, -0.1) is 16.9 Å². The second-order valence-electron chi connectivity index (χ2n) is 7.96. The molecule has 0 bridgehead atoms. The highest BCUT2D eigenvalue weighted by molar-refractivity contribution is 7.98. The molecule has 176 valence electrons. The Hall–Kier alpha value is -2.40. The lowest BCUT2D eigenvalue weighted by molar-refractivity contribution is -0.278. The molecule has 9 heteroatoms. The predicted octanol–water partition coefficient (Wildman–Crippen LogP) is 1.67. The van der Waals surface area contributed by atoms with Crippen molar-refractivity contribution >= 4 is 11.8 Å². The van der Waals surface area contributed by atoms with Crippen LogP contribution in [0.25, 0.3) is 5.69 Å². The lowest BCUT2D eigenvalue weighted by atomic mass is 9.99. The summed E-state index contributed by atoms with van der Waals surface area (Å²) in [6, 6.07) is 17.8. The van der Waals surface area contributed by atoms with E-state index in [4.69, 9.17) is 9.47 Å². The maximum Gasteiger partial charge on any atom is 0.239 e. The summed E-state index contributed by atoms with van der Waals surface area (Å²) in [6.07, 6.45) is -4.32. The molecule has 0 radical (unpaired) electrons. The smallest absolute Gasteiger partial charge is 0.239 e. The van der Waals surface area contributed by atoms with Gasteiger partial charge in [-0.3, -0.25) is 0 Å². The van der Waals surface area contributed by atoms with Gasteiger partial charge >= 0.3 is 0 Å². The third-order valence-electron chi connectivity index (χ3n) is 5.82. The molecule has 0 amide bonds. The fraction of sp³-hybridized carbons (Fsp3) is 0.375. The molecule has 1 fully saturated rings. The Labute approximate surface area is 196 Å². The van der Waals surface area contributed by atoms with Crippen LogP contribution in [0.3, 0.4) is 0 Å². The lowest BCUT2D eigenvalue weighted by Gasteiger charge is -2.39. The molecule has 0 spiro atoms. The molecule has 8 nitrogen and oxygen atoms in total. The van der Waals surface area contributed by atoms with Crippen LogP contribution in [0.4, 0.5) is 0 Å². The molecule has 2 aromatic carbocycles. The molecule has 1 saturated heterocycles. The van der Waals surface area contributed by atoms with Gasteiger partial charge in [0, 0.05) is 22.6 Å². The van der Waals surface area contributed by atoms with Gasteiger partial charge in [-0.05, 0) is 43.0 Å². The van der Waals surface area contributed by atoms with Crippen LogP contribution < -0.4 is 4.74 Å². The number of hydrogen-bond acceptors (Lipinski definition) is 8. The summed E-state index contributed by atoms with van der Waals surface area (Å²) in [5.41, 5.74) is 3.56. The standard InChI is InChI=1S/C24H28N2O6S/c1-14-18(12-15-8-10-17(33-2)11-9-15)23(25-26(14)16-6-4-3-5-7-16)32-24-22(30)21(29)20(28)19(13-27)31-24/h3-11,19-22,24,27-30H,12-13H2,1-2H3/t19-,20-,21+,22-,24+/m1/s1. The highest BCUT2D eigenvalue weighted by Crippen LogP contribution is 2.31. The molecule has 0 unspecified atom stereocenters. The third-order valence-corrected chi connectivity index (χ3v) is 6.56. The summed E-state index contributed by atoms with van der Waals surface area (Å²) in [6.45, 7) is 1.41. The van der Waals surface area contributed by atoms with Crippen molar-refractivity contribution in [3.05, 3.63) is 71.4 Å². The maximum atomic E-state index is 10.4. The van der Waals surface area contributed by atoms with Crippen molar-refractivity contribution in [2.24, 2.45) is 0 Å². The van der Waals surface area contributed by atoms with E-state index in [-0.39, 0.29) is 5.88 Å². The van der Waals surface area contributed by atoms with Crippen molar-refractivity contribution in [1.82, 2.24) is 9.78 Å². The topological polar surface area (TPSA) is 117 Å². The molecule has 2 heterocycles. The minimum atomic E-state index is -1.53. The third kappa shape index (κ3) is 4.93. The number of aliphatic hydroxyl groups is 4. The highest BCUT2D eigenvalue weighted by atomic mass is 32.2. The van der Waals surface area contributed by atoms with Gasteiger partial charge in [-0.25, -0.2) is 4.68 Å². The van der Waals surface area contributed by atoms with E-state index in [0.717, 1.165) is 27.4 Å². The summed E-state index contributed by atoms with van der Waals surface area (Å²) >= 11 is 1.67. The minimum absolute atomic E-state index is 0.245. The molecular formula is C24H28N2O6S. The Morgan fingerprint density at radius 2 is 1.70 bits per heavy atom. The molecule has 1 aliphatic rings. The van der Waals surface area contributed by atoms with Gasteiger partial charge in [0.2, 0.25) is 12.2 Å². The first-order valence-corrected chi connectivity index (χ1v) is 11.9. The van der Waals surface area contributed by atoms with Crippen molar-refractivity contribution in [3.63, 3.8) is 0 Å². The average Bonchev–Trinajstić information content (AvgIpc) is 3.15. The van der Waals surface area contributed by atoms with Crippen LogP contribution in [0.15, 0.2) is 59.5 Å². The molecule has 1 aromatic heterocycles. The molecule has 33 heavy (non-hydrogen) atoms. The number of aromatic nitrogens is 2. The van der Waals surface area contributed by atoms with Crippen LogP contribution in [0.2, 0.25) is 0 Å². The van der Waals surface area contributed by atoms with E-state index in [1.807, 2.05) is 55.6 Å². The Morgan fingerprint density at radius 1 is 1.00 bits per heavy atom. The van der Waals surface area contributed by atoms with Gasteiger partial charge in [0.25, 0.3) is 0 Å². The van der Waals surface area contributed by atoms with E-state index in [1.54, 1.807) is 16.4 Å². The van der Waals surface area contributed by atoms with Crippen molar-refractivity contribution < 1.29 is 29.9 Å². The summed E-state index contributed by atoms with van der Waals surface area (Å²) in [4.78, 5) is 1.16. The molecule has 5 atom stereocenters. The number of aliphatic hydroxyl groups excluding tert-OH is 4. The van der Waals surface area contributed by atoms with Gasteiger partial charge in [-0.2, -0.15) is 0 Å². The number of benzene rings is 2. The SMILES string of the molecule is CSc1ccc(Cc2c(O[C@@H]3O[C@H](CO)[C@@H](O)[C@H](O)[C@H]3O)nn(-c3ccccc3)c2C)cc1. The van der Waals surface area contributed by atoms with E-state index in [1.165, 1.54) is 0 Å². The van der Waals surface area contributed by atoms with Gasteiger partial charge in [0.1, 0.15) is 24.4 Å². The Kier molecular flexibility index (Phi) is 7.38. The summed E-state index contributed by atoms with van der Waals surface area (Å²) < 4.78 is 13.3. The summed E-state index contributed by atoms with van der Waals surface area (Å²) in [5.74, 6) is 0.245. The van der Waals surface area contributed by atoms with Crippen LogP contribution in [-0.2, 0) is 11.2 Å². The van der Waals surface area contributed by atoms with Gasteiger partial charge in [0.15, 0.2) is 0 Å². The number of hydrogen-bond donors (Lipinski definition) is 4. The summed E-state index contributed by atoms with van der Waals surface area (Å²) in [5, 5.41) is 44.7. The van der Waals surface area contributed by atoms with Crippen LogP contribution in [-0.4, -0.2) is 73.8 Å². The molecule has 4 N–H and O–H groups in total. The molecule has 0 aliphatic carbocycles. The van der Waals surface area contributed by atoms with Crippen LogP contribution in [0, 0.1) is 6.92 Å². The molecule has 3 aromatic rings. The normalized spacial score (nSPS) is 25.2. The van der Waals surface area contributed by atoms with Crippen molar-refractivity contribution in [3.8, 4) is 11.6 Å². The largest absolute Gasteiger partial charge is 0.443 e. The number of ether oxygens (including phenoxy) is 2. The maximum absolute atomic E-state index is 10.4. The average molecular weight is 473 g/mol. The minimum Gasteiger partial charge on any atom is -0.443 e.